The molecule has 2 atom stereocenters. The molecule has 0 saturated carbocycles. The Bertz CT molecular complexity index is 1120. The molecular formula is C63H119NO5. The molecule has 0 aliphatic rings. The van der Waals surface area contributed by atoms with E-state index in [0.717, 1.165) is 83.5 Å². The third-order valence-electron chi connectivity index (χ3n) is 14.1. The highest BCUT2D eigenvalue weighted by atomic mass is 16.5. The van der Waals surface area contributed by atoms with Gasteiger partial charge in [-0.2, -0.15) is 0 Å². The van der Waals surface area contributed by atoms with E-state index >= 15 is 0 Å². The number of ether oxygens (including phenoxy) is 1. The maximum atomic E-state index is 12.5. The second-order valence-electron chi connectivity index (χ2n) is 21.0. The predicted molar refractivity (Wildman–Crippen MR) is 301 cm³/mol. The van der Waals surface area contributed by atoms with Gasteiger partial charge in [-0.3, -0.25) is 9.59 Å². The summed E-state index contributed by atoms with van der Waals surface area (Å²) in [5.41, 5.74) is 0. The summed E-state index contributed by atoms with van der Waals surface area (Å²) in [5, 5.41) is 23.2. The van der Waals surface area contributed by atoms with Crippen molar-refractivity contribution in [1.82, 2.24) is 5.32 Å². The molecule has 0 bridgehead atoms. The number of nitrogens with one attached hydrogen (secondary N) is 1. The van der Waals surface area contributed by atoms with Crippen LogP contribution in [0.1, 0.15) is 328 Å². The van der Waals surface area contributed by atoms with Gasteiger partial charge < -0.3 is 20.3 Å². The van der Waals surface area contributed by atoms with Crippen LogP contribution >= 0.6 is 0 Å². The van der Waals surface area contributed by atoms with Gasteiger partial charge >= 0.3 is 5.97 Å². The fourth-order valence-electron chi connectivity index (χ4n) is 9.39. The molecule has 0 fully saturated rings. The maximum Gasteiger partial charge on any atom is 0.305 e. The Balaban J connectivity index is 3.52. The fraction of sp³-hybridized carbons (Fsp3) is 0.873. The molecule has 0 saturated heterocycles. The largest absolute Gasteiger partial charge is 0.466 e. The molecular weight excluding hydrogens is 851 g/mol. The van der Waals surface area contributed by atoms with Crippen LogP contribution in [-0.4, -0.2) is 47.4 Å². The van der Waals surface area contributed by atoms with E-state index < -0.39 is 12.1 Å². The summed E-state index contributed by atoms with van der Waals surface area (Å²) in [4.78, 5) is 24.6. The number of hydrogen-bond donors (Lipinski definition) is 3. The number of esters is 1. The summed E-state index contributed by atoms with van der Waals surface area (Å²) < 4.78 is 5.45. The van der Waals surface area contributed by atoms with Gasteiger partial charge in [-0.15, -0.1) is 0 Å². The van der Waals surface area contributed by atoms with Crippen LogP contribution < -0.4 is 5.32 Å². The highest BCUT2D eigenvalue weighted by Gasteiger charge is 2.18. The monoisotopic (exact) mass is 970 g/mol. The van der Waals surface area contributed by atoms with E-state index in [1.807, 2.05) is 6.08 Å². The van der Waals surface area contributed by atoms with Crippen LogP contribution in [0.4, 0.5) is 0 Å². The molecule has 0 rings (SSSR count). The van der Waals surface area contributed by atoms with Crippen LogP contribution in [0.2, 0.25) is 0 Å². The van der Waals surface area contributed by atoms with Gasteiger partial charge in [-0.25, -0.2) is 0 Å². The first-order valence-corrected chi connectivity index (χ1v) is 30.8. The van der Waals surface area contributed by atoms with Crippen LogP contribution in [0.15, 0.2) is 36.5 Å². The highest BCUT2D eigenvalue weighted by molar-refractivity contribution is 5.76. The molecule has 0 aromatic carbocycles. The predicted octanol–water partition coefficient (Wildman–Crippen LogP) is 19.2. The van der Waals surface area contributed by atoms with Crippen molar-refractivity contribution >= 4 is 11.9 Å². The van der Waals surface area contributed by atoms with E-state index in [2.05, 4.69) is 43.5 Å². The van der Waals surface area contributed by atoms with Gasteiger partial charge in [-0.05, 0) is 83.5 Å². The van der Waals surface area contributed by atoms with Crippen molar-refractivity contribution in [1.29, 1.82) is 0 Å². The van der Waals surface area contributed by atoms with E-state index in [0.29, 0.717) is 19.4 Å². The van der Waals surface area contributed by atoms with Crippen molar-refractivity contribution in [2.45, 2.75) is 341 Å². The summed E-state index contributed by atoms with van der Waals surface area (Å²) in [6.45, 7) is 4.84. The topological polar surface area (TPSA) is 95.9 Å². The average molecular weight is 971 g/mol. The Morgan fingerprint density at radius 3 is 1.03 bits per heavy atom. The Morgan fingerprint density at radius 1 is 0.391 bits per heavy atom. The SMILES string of the molecule is CCCCCCCC/C=C\CCCCCCCCCC(=O)OCCCC/C=C\CCCCCCCC(=O)NC(CO)C(O)/C=C/CCCCCCCCCCCCCCCCCCCCCCCC. The molecule has 0 spiro atoms. The van der Waals surface area contributed by atoms with Gasteiger partial charge in [0, 0.05) is 12.8 Å². The van der Waals surface area contributed by atoms with E-state index in [1.54, 1.807) is 6.08 Å². The lowest BCUT2D eigenvalue weighted by Crippen LogP contribution is -2.45. The molecule has 3 N–H and O–H groups in total. The molecule has 0 aromatic heterocycles. The minimum absolute atomic E-state index is 0.0358. The van der Waals surface area contributed by atoms with Gasteiger partial charge in [0.1, 0.15) is 0 Å². The Hall–Kier alpha value is -1.92. The molecule has 406 valence electrons. The molecule has 6 heteroatoms. The standard InChI is InChI=1S/C63H119NO5/c1-3-5-7-9-11-13-15-17-19-21-22-23-24-25-26-27-29-30-32-35-39-43-47-51-55-61(66)60(59-65)64-62(67)56-52-48-44-40-36-34-38-42-46-50-54-58-69-63(68)57-53-49-45-41-37-33-31-28-20-18-16-14-12-10-8-6-4-2/h18,20,38,42,51,55,60-61,65-66H,3-17,19,21-37,39-41,43-50,52-54,56-59H2,1-2H3,(H,64,67)/b20-18-,42-38-,55-51+. The fourth-order valence-corrected chi connectivity index (χ4v) is 9.39. The Kier molecular flexibility index (Phi) is 57.0. The number of aliphatic hydroxyl groups is 2. The first-order chi connectivity index (χ1) is 34.0. The first kappa shape index (κ1) is 67.1. The van der Waals surface area contributed by atoms with E-state index in [9.17, 15) is 19.8 Å². The van der Waals surface area contributed by atoms with Gasteiger partial charge in [0.05, 0.1) is 25.4 Å². The molecule has 2 unspecified atom stereocenters. The van der Waals surface area contributed by atoms with Crippen molar-refractivity contribution in [3.63, 3.8) is 0 Å². The second kappa shape index (κ2) is 58.6. The van der Waals surface area contributed by atoms with E-state index in [4.69, 9.17) is 4.74 Å². The van der Waals surface area contributed by atoms with Crippen LogP contribution in [0.3, 0.4) is 0 Å². The molecule has 0 aliphatic heterocycles. The number of amides is 1. The lowest BCUT2D eigenvalue weighted by Gasteiger charge is -2.20. The number of carbonyl (C=O) groups is 2. The number of aliphatic hydroxyl groups excluding tert-OH is 2. The molecule has 0 aliphatic carbocycles. The lowest BCUT2D eigenvalue weighted by molar-refractivity contribution is -0.143. The first-order valence-electron chi connectivity index (χ1n) is 30.8. The van der Waals surface area contributed by atoms with Crippen LogP contribution in [-0.2, 0) is 14.3 Å². The molecule has 0 radical (unpaired) electrons. The van der Waals surface area contributed by atoms with E-state index in [-0.39, 0.29) is 18.5 Å². The summed E-state index contributed by atoms with van der Waals surface area (Å²) >= 11 is 0. The lowest BCUT2D eigenvalue weighted by atomic mass is 10.0. The zero-order valence-electron chi connectivity index (χ0n) is 46.3. The summed E-state index contributed by atoms with van der Waals surface area (Å²) in [6, 6.07) is -0.651. The van der Waals surface area contributed by atoms with Gasteiger partial charge in [-0.1, -0.05) is 269 Å². The summed E-state index contributed by atoms with van der Waals surface area (Å²) in [5.74, 6) is -0.130. The quantitative estimate of drug-likeness (QED) is 0.0321. The maximum absolute atomic E-state index is 12.5. The molecule has 0 aromatic rings. The van der Waals surface area contributed by atoms with Gasteiger partial charge in [0.15, 0.2) is 0 Å². The van der Waals surface area contributed by atoms with Crippen molar-refractivity contribution in [3.05, 3.63) is 36.5 Å². The Labute approximate surface area is 430 Å². The van der Waals surface area contributed by atoms with Gasteiger partial charge in [0.25, 0.3) is 0 Å². The molecule has 6 nitrogen and oxygen atoms in total. The Morgan fingerprint density at radius 2 is 0.681 bits per heavy atom. The zero-order chi connectivity index (χ0) is 50.0. The van der Waals surface area contributed by atoms with Crippen molar-refractivity contribution in [3.8, 4) is 0 Å². The normalized spacial score (nSPS) is 12.8. The van der Waals surface area contributed by atoms with Crippen LogP contribution in [0.5, 0.6) is 0 Å². The number of carbonyl (C=O) groups excluding carboxylic acids is 2. The van der Waals surface area contributed by atoms with Crippen LogP contribution in [0, 0.1) is 0 Å². The van der Waals surface area contributed by atoms with Gasteiger partial charge in [0.2, 0.25) is 5.91 Å². The number of unbranched alkanes of at least 4 members (excludes halogenated alkanes) is 42. The molecule has 69 heavy (non-hydrogen) atoms. The number of allylic oxidation sites excluding steroid dienone is 5. The zero-order valence-corrected chi connectivity index (χ0v) is 46.3. The van der Waals surface area contributed by atoms with Crippen molar-refractivity contribution < 1.29 is 24.5 Å². The highest BCUT2D eigenvalue weighted by Crippen LogP contribution is 2.17. The minimum atomic E-state index is -0.865. The molecule has 1 amide bonds. The minimum Gasteiger partial charge on any atom is -0.466 e. The number of rotatable bonds is 57. The summed E-state index contributed by atoms with van der Waals surface area (Å²) in [6.07, 6.45) is 73.2. The molecule has 0 heterocycles. The average Bonchev–Trinajstić information content (AvgIpc) is 3.35. The third kappa shape index (κ3) is 55.2. The van der Waals surface area contributed by atoms with Crippen molar-refractivity contribution in [2.24, 2.45) is 0 Å². The smallest absolute Gasteiger partial charge is 0.305 e. The number of hydrogen-bond acceptors (Lipinski definition) is 5. The van der Waals surface area contributed by atoms with Crippen molar-refractivity contribution in [2.75, 3.05) is 13.2 Å². The third-order valence-corrected chi connectivity index (χ3v) is 14.1. The van der Waals surface area contributed by atoms with E-state index in [1.165, 1.54) is 218 Å². The second-order valence-corrected chi connectivity index (χ2v) is 21.0. The summed E-state index contributed by atoms with van der Waals surface area (Å²) in [7, 11) is 0. The van der Waals surface area contributed by atoms with Crippen LogP contribution in [0.25, 0.3) is 0 Å².